The number of hydrogen-bond donors (Lipinski definition) is 2. The Morgan fingerprint density at radius 2 is 1.76 bits per heavy atom. The third-order valence-electron chi connectivity index (χ3n) is 2.80. The summed E-state index contributed by atoms with van der Waals surface area (Å²) in [5.74, 6) is 0.696. The van der Waals surface area contributed by atoms with Crippen LogP contribution in [0, 0.1) is 0 Å². The highest BCUT2D eigenvalue weighted by Crippen LogP contribution is 2.34. The van der Waals surface area contributed by atoms with Crippen molar-refractivity contribution in [1.82, 2.24) is 0 Å². The third kappa shape index (κ3) is 4.31. The molecule has 2 N–H and O–H groups in total. The topological polar surface area (TPSA) is 41.5 Å². The molecule has 0 aliphatic carbocycles. The largest absolute Gasteiger partial charge is 0.505 e. The van der Waals surface area contributed by atoms with Crippen molar-refractivity contribution in [2.24, 2.45) is 0 Å². The first-order valence-corrected chi connectivity index (χ1v) is 7.10. The first-order chi connectivity index (χ1) is 10.1. The van der Waals surface area contributed by atoms with Gasteiger partial charge in [-0.2, -0.15) is 0 Å². The number of nitrogens with one attached hydrogen (secondary N) is 1. The summed E-state index contributed by atoms with van der Waals surface area (Å²) >= 11 is 11.7. The number of benzene rings is 2. The van der Waals surface area contributed by atoms with Gasteiger partial charge in [0.1, 0.15) is 12.4 Å². The lowest BCUT2D eigenvalue weighted by Gasteiger charge is -2.10. The van der Waals surface area contributed by atoms with E-state index < -0.39 is 0 Å². The Hall–Kier alpha value is -1.84. The van der Waals surface area contributed by atoms with Gasteiger partial charge in [-0.15, -0.1) is 0 Å². The maximum Gasteiger partial charge on any atom is 0.152 e. The summed E-state index contributed by atoms with van der Waals surface area (Å²) in [5, 5.41) is 13.1. The predicted molar refractivity (Wildman–Crippen MR) is 87.6 cm³/mol. The van der Waals surface area contributed by atoms with Crippen molar-refractivity contribution < 1.29 is 9.84 Å². The van der Waals surface area contributed by atoms with Crippen LogP contribution in [0.5, 0.6) is 11.5 Å². The van der Waals surface area contributed by atoms with Gasteiger partial charge in [0.15, 0.2) is 5.75 Å². The number of hydrogen-bond acceptors (Lipinski definition) is 3. The van der Waals surface area contributed by atoms with Gasteiger partial charge in [0, 0.05) is 12.2 Å². The number of ether oxygens (including phenoxy) is 1. The van der Waals surface area contributed by atoms with Gasteiger partial charge in [0.2, 0.25) is 0 Å². The average Bonchev–Trinajstić information content (AvgIpc) is 2.49. The molecule has 110 valence electrons. The van der Waals surface area contributed by atoms with Crippen molar-refractivity contribution in [1.29, 1.82) is 0 Å². The molecule has 21 heavy (non-hydrogen) atoms. The second-order valence-corrected chi connectivity index (χ2v) is 5.20. The van der Waals surface area contributed by atoms with E-state index in [-0.39, 0.29) is 15.8 Å². The lowest BCUT2D eigenvalue weighted by Crippen LogP contribution is -2.00. The van der Waals surface area contributed by atoms with Crippen LogP contribution in [-0.2, 0) is 6.54 Å². The van der Waals surface area contributed by atoms with Gasteiger partial charge in [0.25, 0.3) is 0 Å². The Bertz CT molecular complexity index is 604. The van der Waals surface area contributed by atoms with Crippen LogP contribution in [0.25, 0.3) is 0 Å². The summed E-state index contributed by atoms with van der Waals surface area (Å²) in [5.41, 5.74) is 1.83. The molecule has 0 saturated heterocycles. The molecule has 3 nitrogen and oxygen atoms in total. The molecule has 0 saturated carbocycles. The number of rotatable bonds is 6. The molecule has 0 atom stereocenters. The van der Waals surface area contributed by atoms with Gasteiger partial charge in [-0.05, 0) is 29.8 Å². The number of anilines is 1. The summed E-state index contributed by atoms with van der Waals surface area (Å²) < 4.78 is 5.42. The molecular weight excluding hydrogens is 309 g/mol. The predicted octanol–water partition coefficient (Wildman–Crippen LogP) is 4.88. The van der Waals surface area contributed by atoms with Crippen LogP contribution < -0.4 is 10.1 Å². The van der Waals surface area contributed by atoms with E-state index in [2.05, 4.69) is 11.9 Å². The smallest absolute Gasteiger partial charge is 0.152 e. The van der Waals surface area contributed by atoms with Crippen LogP contribution in [0.1, 0.15) is 5.56 Å². The van der Waals surface area contributed by atoms with Gasteiger partial charge in [0.05, 0.1) is 10.0 Å². The maximum absolute atomic E-state index is 9.50. The quantitative estimate of drug-likeness (QED) is 0.588. The van der Waals surface area contributed by atoms with Gasteiger partial charge < -0.3 is 15.2 Å². The summed E-state index contributed by atoms with van der Waals surface area (Å²) in [7, 11) is 0. The molecule has 2 aromatic rings. The molecule has 0 bridgehead atoms. The standard InChI is InChI=1S/C16H15Cl2NO2/c1-2-7-21-13-5-3-11(4-6-13)10-19-12-8-14(17)16(20)15(18)9-12/h2-6,8-9,19-20H,1,7,10H2. The summed E-state index contributed by atoms with van der Waals surface area (Å²) in [4.78, 5) is 0. The highest BCUT2D eigenvalue weighted by atomic mass is 35.5. The molecule has 0 aliphatic heterocycles. The van der Waals surface area contributed by atoms with Gasteiger partial charge in [-0.1, -0.05) is 48.0 Å². The van der Waals surface area contributed by atoms with Crippen molar-refractivity contribution in [3.8, 4) is 11.5 Å². The molecule has 0 heterocycles. The van der Waals surface area contributed by atoms with Crippen LogP contribution in [0.15, 0.2) is 49.1 Å². The molecule has 2 aromatic carbocycles. The molecule has 0 unspecified atom stereocenters. The Kier molecular flexibility index (Phi) is 5.37. The molecule has 0 radical (unpaired) electrons. The minimum Gasteiger partial charge on any atom is -0.505 e. The van der Waals surface area contributed by atoms with Gasteiger partial charge in [-0.3, -0.25) is 0 Å². The fourth-order valence-electron chi connectivity index (χ4n) is 1.73. The van der Waals surface area contributed by atoms with Crippen LogP contribution in [0.4, 0.5) is 5.69 Å². The number of aromatic hydroxyl groups is 1. The zero-order valence-corrected chi connectivity index (χ0v) is 12.8. The van der Waals surface area contributed by atoms with Crippen molar-refractivity contribution >= 4 is 28.9 Å². The molecule has 5 heteroatoms. The first kappa shape index (κ1) is 15.5. The normalized spacial score (nSPS) is 10.2. The van der Waals surface area contributed by atoms with E-state index in [9.17, 15) is 5.11 Å². The van der Waals surface area contributed by atoms with Crippen molar-refractivity contribution in [2.75, 3.05) is 11.9 Å². The van der Waals surface area contributed by atoms with E-state index in [4.69, 9.17) is 27.9 Å². The molecule has 0 aliphatic rings. The van der Waals surface area contributed by atoms with Crippen LogP contribution in [0.2, 0.25) is 10.0 Å². The lowest BCUT2D eigenvalue weighted by atomic mass is 10.2. The summed E-state index contributed by atoms with van der Waals surface area (Å²) in [6.45, 7) is 4.70. The highest BCUT2D eigenvalue weighted by Gasteiger charge is 2.06. The van der Waals surface area contributed by atoms with Gasteiger partial charge in [-0.25, -0.2) is 0 Å². The monoisotopic (exact) mass is 323 g/mol. The second-order valence-electron chi connectivity index (χ2n) is 4.39. The molecule has 0 aromatic heterocycles. The number of phenols is 1. The summed E-state index contributed by atoms with van der Waals surface area (Å²) in [6.07, 6.45) is 1.70. The molecule has 0 fully saturated rings. The highest BCUT2D eigenvalue weighted by molar-refractivity contribution is 6.37. The molecule has 0 spiro atoms. The van der Waals surface area contributed by atoms with Gasteiger partial charge >= 0.3 is 0 Å². The number of phenolic OH excluding ortho intramolecular Hbond substituents is 1. The lowest BCUT2D eigenvalue weighted by molar-refractivity contribution is 0.363. The fraction of sp³-hybridized carbons (Fsp3) is 0.125. The van der Waals surface area contributed by atoms with E-state index in [1.54, 1.807) is 18.2 Å². The number of halogens is 2. The Morgan fingerprint density at radius 1 is 1.14 bits per heavy atom. The summed E-state index contributed by atoms with van der Waals surface area (Å²) in [6, 6.07) is 11.0. The van der Waals surface area contributed by atoms with E-state index >= 15 is 0 Å². The fourth-order valence-corrected chi connectivity index (χ4v) is 2.22. The third-order valence-corrected chi connectivity index (χ3v) is 3.38. The second kappa shape index (κ2) is 7.25. The zero-order chi connectivity index (χ0) is 15.2. The Morgan fingerprint density at radius 3 is 2.33 bits per heavy atom. The van der Waals surface area contributed by atoms with Crippen LogP contribution in [0.3, 0.4) is 0 Å². The minimum absolute atomic E-state index is 0.104. The first-order valence-electron chi connectivity index (χ1n) is 6.34. The van der Waals surface area contributed by atoms with Crippen LogP contribution >= 0.6 is 23.2 Å². The van der Waals surface area contributed by atoms with Crippen LogP contribution in [-0.4, -0.2) is 11.7 Å². The Labute approximate surface area is 133 Å². The molecular formula is C16H15Cl2NO2. The van der Waals surface area contributed by atoms with E-state index in [0.717, 1.165) is 17.0 Å². The van der Waals surface area contributed by atoms with Crippen molar-refractivity contribution in [3.63, 3.8) is 0 Å². The van der Waals surface area contributed by atoms with Crippen molar-refractivity contribution in [2.45, 2.75) is 6.54 Å². The van der Waals surface area contributed by atoms with E-state index in [0.29, 0.717) is 13.2 Å². The zero-order valence-electron chi connectivity index (χ0n) is 11.3. The van der Waals surface area contributed by atoms with E-state index in [1.807, 2.05) is 24.3 Å². The maximum atomic E-state index is 9.50. The minimum atomic E-state index is -0.104. The SMILES string of the molecule is C=CCOc1ccc(CNc2cc(Cl)c(O)c(Cl)c2)cc1. The Balaban J connectivity index is 1.98. The van der Waals surface area contributed by atoms with Crippen molar-refractivity contribution in [3.05, 3.63) is 64.7 Å². The van der Waals surface area contributed by atoms with E-state index in [1.165, 1.54) is 0 Å². The average molecular weight is 324 g/mol. The molecule has 0 amide bonds. The molecule has 2 rings (SSSR count).